The molecule has 0 saturated heterocycles. The van der Waals surface area contributed by atoms with E-state index in [1.54, 1.807) is 6.07 Å². The number of halogens is 2. The Kier molecular flexibility index (Phi) is 3.72. The Bertz CT molecular complexity index is 864. The Morgan fingerprint density at radius 2 is 2.05 bits per heavy atom. The number of nitrogens with one attached hydrogen (secondary N) is 1. The van der Waals surface area contributed by atoms with Gasteiger partial charge in [-0.05, 0) is 24.3 Å². The van der Waals surface area contributed by atoms with Gasteiger partial charge in [0.1, 0.15) is 17.4 Å². The molecule has 0 aliphatic carbocycles. The fourth-order valence-electron chi connectivity index (χ4n) is 1.93. The topological polar surface area (TPSA) is 62.2 Å². The molecule has 0 fully saturated rings. The van der Waals surface area contributed by atoms with Crippen LogP contribution >= 0.6 is 11.3 Å². The lowest BCUT2D eigenvalue weighted by molar-refractivity contribution is 0.0950. The summed E-state index contributed by atoms with van der Waals surface area (Å²) in [6, 6.07) is 7.78. The van der Waals surface area contributed by atoms with Crippen molar-refractivity contribution in [1.82, 2.24) is 10.3 Å². The van der Waals surface area contributed by atoms with Crippen molar-refractivity contribution in [2.75, 3.05) is 0 Å². The van der Waals surface area contributed by atoms with E-state index in [0.717, 1.165) is 23.5 Å². The number of carbonyl (C=O) groups is 1. The zero-order valence-corrected chi connectivity index (χ0v) is 12.0. The number of phenols is 1. The van der Waals surface area contributed by atoms with Crippen LogP contribution in [0.15, 0.2) is 36.4 Å². The first kappa shape index (κ1) is 14.4. The molecule has 3 aromatic rings. The van der Waals surface area contributed by atoms with E-state index in [2.05, 4.69) is 10.3 Å². The molecular weight excluding hydrogens is 310 g/mol. The summed E-state index contributed by atoms with van der Waals surface area (Å²) in [5, 5.41) is 12.1. The van der Waals surface area contributed by atoms with Gasteiger partial charge in [0.2, 0.25) is 0 Å². The van der Waals surface area contributed by atoms with Crippen LogP contribution in [0.1, 0.15) is 15.4 Å². The van der Waals surface area contributed by atoms with Crippen molar-refractivity contribution in [3.05, 3.63) is 58.6 Å². The summed E-state index contributed by atoms with van der Waals surface area (Å²) in [4.78, 5) is 16.2. The molecule has 3 rings (SSSR count). The summed E-state index contributed by atoms with van der Waals surface area (Å²) in [5.41, 5.74) is 0.786. The zero-order valence-electron chi connectivity index (χ0n) is 11.1. The van der Waals surface area contributed by atoms with E-state index in [1.165, 1.54) is 18.2 Å². The maximum atomic E-state index is 13.5. The van der Waals surface area contributed by atoms with Crippen LogP contribution in [0.4, 0.5) is 8.78 Å². The van der Waals surface area contributed by atoms with Crippen LogP contribution in [0.2, 0.25) is 0 Å². The van der Waals surface area contributed by atoms with E-state index in [-0.39, 0.29) is 22.9 Å². The molecule has 1 amide bonds. The molecule has 22 heavy (non-hydrogen) atoms. The number of phenolic OH excluding ortho intramolecular Hbond substituents is 1. The van der Waals surface area contributed by atoms with Gasteiger partial charge >= 0.3 is 0 Å². The second-order valence-corrected chi connectivity index (χ2v) is 5.62. The van der Waals surface area contributed by atoms with E-state index in [1.807, 2.05) is 0 Å². The van der Waals surface area contributed by atoms with E-state index < -0.39 is 17.5 Å². The summed E-state index contributed by atoms with van der Waals surface area (Å²) in [6.45, 7) is -0.0634. The van der Waals surface area contributed by atoms with Crippen molar-refractivity contribution >= 4 is 27.5 Å². The van der Waals surface area contributed by atoms with E-state index in [4.69, 9.17) is 0 Å². The number of benzene rings is 2. The van der Waals surface area contributed by atoms with E-state index >= 15 is 0 Å². The lowest BCUT2D eigenvalue weighted by Crippen LogP contribution is -2.23. The minimum Gasteiger partial charge on any atom is -0.508 e. The third-order valence-electron chi connectivity index (χ3n) is 3.02. The minimum absolute atomic E-state index is 0.0634. The fraction of sp³-hybridized carbons (Fsp3) is 0.0667. The molecule has 0 atom stereocenters. The molecule has 0 unspecified atom stereocenters. The molecule has 2 N–H and O–H groups in total. The Labute approximate surface area is 128 Å². The molecule has 0 aliphatic heterocycles. The molecule has 1 aromatic heterocycles. The molecule has 0 aliphatic rings. The SMILES string of the molecule is O=C(NCc1ccc(F)cc1F)c1nc2ccc(O)cc2s1. The molecule has 1 heterocycles. The number of nitrogens with zero attached hydrogens (tertiary/aromatic N) is 1. The summed E-state index contributed by atoms with van der Waals surface area (Å²) < 4.78 is 27.0. The Balaban J connectivity index is 1.75. The smallest absolute Gasteiger partial charge is 0.280 e. The average Bonchev–Trinajstić information content (AvgIpc) is 2.89. The average molecular weight is 320 g/mol. The largest absolute Gasteiger partial charge is 0.508 e. The minimum atomic E-state index is -0.713. The fourth-order valence-corrected chi connectivity index (χ4v) is 2.84. The number of thiazole rings is 1. The summed E-state index contributed by atoms with van der Waals surface area (Å²) in [6.07, 6.45) is 0. The highest BCUT2D eigenvalue weighted by Gasteiger charge is 2.13. The van der Waals surface area contributed by atoms with Gasteiger partial charge in [-0.3, -0.25) is 4.79 Å². The number of fused-ring (bicyclic) bond motifs is 1. The van der Waals surface area contributed by atoms with E-state index in [0.29, 0.717) is 10.2 Å². The van der Waals surface area contributed by atoms with Gasteiger partial charge < -0.3 is 10.4 Å². The van der Waals surface area contributed by atoms with Crippen molar-refractivity contribution in [3.63, 3.8) is 0 Å². The van der Waals surface area contributed by atoms with Crippen LogP contribution in [-0.2, 0) is 6.54 Å². The van der Waals surface area contributed by atoms with Crippen LogP contribution in [0, 0.1) is 11.6 Å². The molecule has 4 nitrogen and oxygen atoms in total. The van der Waals surface area contributed by atoms with Crippen molar-refractivity contribution in [1.29, 1.82) is 0 Å². The number of aromatic hydroxyl groups is 1. The van der Waals surface area contributed by atoms with Gasteiger partial charge in [-0.25, -0.2) is 13.8 Å². The van der Waals surface area contributed by atoms with Crippen molar-refractivity contribution < 1.29 is 18.7 Å². The Morgan fingerprint density at radius 3 is 2.82 bits per heavy atom. The van der Waals surface area contributed by atoms with Crippen LogP contribution in [0.5, 0.6) is 5.75 Å². The normalized spacial score (nSPS) is 10.8. The molecular formula is C15H10F2N2O2S. The van der Waals surface area contributed by atoms with E-state index in [9.17, 15) is 18.7 Å². The zero-order chi connectivity index (χ0) is 15.7. The number of hydrogen-bond acceptors (Lipinski definition) is 4. The Hall–Kier alpha value is -2.54. The van der Waals surface area contributed by atoms with Gasteiger partial charge in [0.25, 0.3) is 5.91 Å². The second kappa shape index (κ2) is 5.69. The predicted molar refractivity (Wildman–Crippen MR) is 78.8 cm³/mol. The number of rotatable bonds is 3. The molecule has 112 valence electrons. The molecule has 0 radical (unpaired) electrons. The van der Waals surface area contributed by atoms with Gasteiger partial charge in [0, 0.05) is 18.2 Å². The van der Waals surface area contributed by atoms with Gasteiger partial charge in [-0.2, -0.15) is 0 Å². The van der Waals surface area contributed by atoms with Crippen LogP contribution in [0.25, 0.3) is 10.2 Å². The van der Waals surface area contributed by atoms with Gasteiger partial charge in [0.05, 0.1) is 10.2 Å². The molecule has 0 spiro atoms. The Morgan fingerprint density at radius 1 is 1.23 bits per heavy atom. The first-order chi connectivity index (χ1) is 10.5. The highest BCUT2D eigenvalue weighted by Crippen LogP contribution is 2.25. The third kappa shape index (κ3) is 2.89. The molecule has 0 bridgehead atoms. The van der Waals surface area contributed by atoms with Gasteiger partial charge in [-0.15, -0.1) is 11.3 Å². The summed E-state index contributed by atoms with van der Waals surface area (Å²) >= 11 is 1.12. The van der Waals surface area contributed by atoms with Crippen LogP contribution < -0.4 is 5.32 Å². The van der Waals surface area contributed by atoms with Crippen molar-refractivity contribution in [2.45, 2.75) is 6.54 Å². The molecule has 2 aromatic carbocycles. The highest BCUT2D eigenvalue weighted by atomic mass is 32.1. The lowest BCUT2D eigenvalue weighted by Gasteiger charge is -2.04. The number of hydrogen-bond donors (Lipinski definition) is 2. The maximum Gasteiger partial charge on any atom is 0.280 e. The van der Waals surface area contributed by atoms with Crippen LogP contribution in [-0.4, -0.2) is 16.0 Å². The third-order valence-corrected chi connectivity index (χ3v) is 4.04. The number of amides is 1. The number of aromatic nitrogens is 1. The summed E-state index contributed by atoms with van der Waals surface area (Å²) in [7, 11) is 0. The standard InChI is InChI=1S/C15H10F2N2O2S/c16-9-2-1-8(11(17)5-9)7-18-14(21)15-19-12-4-3-10(20)6-13(12)22-15/h1-6,20H,7H2,(H,18,21). The first-order valence-corrected chi connectivity index (χ1v) is 7.16. The number of carbonyl (C=O) groups excluding carboxylic acids is 1. The quantitative estimate of drug-likeness (QED) is 0.779. The predicted octanol–water partition coefficient (Wildman–Crippen LogP) is 3.21. The van der Waals surface area contributed by atoms with Crippen LogP contribution in [0.3, 0.4) is 0 Å². The van der Waals surface area contributed by atoms with Crippen molar-refractivity contribution in [3.8, 4) is 5.75 Å². The molecule has 0 saturated carbocycles. The van der Waals surface area contributed by atoms with Gasteiger partial charge in [0.15, 0.2) is 5.01 Å². The summed E-state index contributed by atoms with van der Waals surface area (Å²) in [5.74, 6) is -1.74. The van der Waals surface area contributed by atoms with Gasteiger partial charge in [-0.1, -0.05) is 6.07 Å². The van der Waals surface area contributed by atoms with Crippen molar-refractivity contribution in [2.24, 2.45) is 0 Å². The highest BCUT2D eigenvalue weighted by molar-refractivity contribution is 7.20. The lowest BCUT2D eigenvalue weighted by atomic mass is 10.2. The maximum absolute atomic E-state index is 13.5. The second-order valence-electron chi connectivity index (χ2n) is 4.59. The first-order valence-electron chi connectivity index (χ1n) is 6.34. The molecule has 7 heteroatoms. The monoisotopic (exact) mass is 320 g/mol.